The fraction of sp³-hybridized carbons (Fsp3) is 0.400. The number of amides is 3. The SMILES string of the molecule is CNC(=O)C(NC(=O)CN(CC(=O)N1CCCCC1)c1ccc(C)cc1)c1ccccc1. The van der Waals surface area contributed by atoms with Crippen molar-refractivity contribution in [2.24, 2.45) is 0 Å². The molecule has 2 N–H and O–H groups in total. The maximum atomic E-state index is 13.0. The van der Waals surface area contributed by atoms with E-state index in [0.29, 0.717) is 5.56 Å². The molecular formula is C25H32N4O3. The molecule has 0 bridgehead atoms. The van der Waals surface area contributed by atoms with E-state index in [-0.39, 0.29) is 30.8 Å². The number of carbonyl (C=O) groups excluding carboxylic acids is 3. The van der Waals surface area contributed by atoms with Crippen molar-refractivity contribution < 1.29 is 14.4 Å². The summed E-state index contributed by atoms with van der Waals surface area (Å²) in [4.78, 5) is 42.0. The van der Waals surface area contributed by atoms with E-state index < -0.39 is 6.04 Å². The summed E-state index contributed by atoms with van der Waals surface area (Å²) in [5, 5.41) is 5.44. The molecule has 2 aromatic rings. The van der Waals surface area contributed by atoms with Crippen LogP contribution < -0.4 is 15.5 Å². The van der Waals surface area contributed by atoms with E-state index in [4.69, 9.17) is 0 Å². The van der Waals surface area contributed by atoms with Gasteiger partial charge >= 0.3 is 0 Å². The zero-order valence-corrected chi connectivity index (χ0v) is 18.8. The van der Waals surface area contributed by atoms with E-state index in [2.05, 4.69) is 10.6 Å². The Morgan fingerprint density at radius 1 is 0.938 bits per heavy atom. The minimum Gasteiger partial charge on any atom is -0.357 e. The van der Waals surface area contributed by atoms with E-state index in [1.54, 1.807) is 24.1 Å². The topological polar surface area (TPSA) is 81.8 Å². The number of benzene rings is 2. The number of carbonyl (C=O) groups is 3. The first-order valence-corrected chi connectivity index (χ1v) is 11.1. The molecule has 3 rings (SSSR count). The molecule has 170 valence electrons. The van der Waals surface area contributed by atoms with Crippen LogP contribution in [0.4, 0.5) is 5.69 Å². The Kier molecular flexibility index (Phi) is 8.25. The standard InChI is InChI=1S/C25H32N4O3/c1-19-11-13-21(14-12-19)29(18-23(31)28-15-7-4-8-16-28)17-22(30)27-24(25(32)26-2)20-9-5-3-6-10-20/h3,5-6,9-14,24H,4,7-8,15-18H2,1-2H3,(H,26,32)(H,27,30). The third kappa shape index (κ3) is 6.33. The summed E-state index contributed by atoms with van der Waals surface area (Å²) in [6.45, 7) is 3.61. The fourth-order valence-electron chi connectivity index (χ4n) is 3.87. The third-order valence-electron chi connectivity index (χ3n) is 5.72. The molecule has 7 heteroatoms. The smallest absolute Gasteiger partial charge is 0.246 e. The summed E-state index contributed by atoms with van der Waals surface area (Å²) >= 11 is 0. The van der Waals surface area contributed by atoms with Gasteiger partial charge < -0.3 is 20.4 Å². The zero-order chi connectivity index (χ0) is 22.9. The van der Waals surface area contributed by atoms with E-state index in [1.165, 1.54) is 0 Å². The van der Waals surface area contributed by atoms with Crippen LogP contribution in [-0.2, 0) is 14.4 Å². The number of piperidine rings is 1. The molecule has 0 spiro atoms. The molecule has 3 amide bonds. The number of rotatable bonds is 8. The summed E-state index contributed by atoms with van der Waals surface area (Å²) in [6, 6.07) is 16.1. The van der Waals surface area contributed by atoms with Gasteiger partial charge in [0.15, 0.2) is 0 Å². The molecule has 7 nitrogen and oxygen atoms in total. The van der Waals surface area contributed by atoms with Gasteiger partial charge in [0.1, 0.15) is 6.04 Å². The van der Waals surface area contributed by atoms with Gasteiger partial charge in [-0.1, -0.05) is 48.0 Å². The van der Waals surface area contributed by atoms with Crippen LogP contribution in [0.15, 0.2) is 54.6 Å². The highest BCUT2D eigenvalue weighted by molar-refractivity contribution is 5.91. The van der Waals surface area contributed by atoms with Crippen molar-refractivity contribution in [3.8, 4) is 0 Å². The van der Waals surface area contributed by atoms with Crippen LogP contribution in [0, 0.1) is 6.92 Å². The molecular weight excluding hydrogens is 404 g/mol. The molecule has 1 fully saturated rings. The molecule has 0 radical (unpaired) electrons. The summed E-state index contributed by atoms with van der Waals surface area (Å²) in [5.41, 5.74) is 2.60. The first-order chi connectivity index (χ1) is 15.5. The van der Waals surface area contributed by atoms with Crippen molar-refractivity contribution in [3.05, 3.63) is 65.7 Å². The van der Waals surface area contributed by atoms with Crippen LogP contribution >= 0.6 is 0 Å². The predicted octanol–water partition coefficient (Wildman–Crippen LogP) is 2.42. The normalized spacial score (nSPS) is 14.4. The van der Waals surface area contributed by atoms with Gasteiger partial charge in [0.25, 0.3) is 0 Å². The summed E-state index contributed by atoms with van der Waals surface area (Å²) in [7, 11) is 1.54. The number of hydrogen-bond acceptors (Lipinski definition) is 4. The lowest BCUT2D eigenvalue weighted by atomic mass is 10.1. The van der Waals surface area contributed by atoms with Gasteiger partial charge in [-0.2, -0.15) is 0 Å². The molecule has 0 aliphatic carbocycles. The van der Waals surface area contributed by atoms with Gasteiger partial charge in [0.2, 0.25) is 17.7 Å². The Labute approximate surface area is 189 Å². The number of nitrogens with zero attached hydrogens (tertiary/aromatic N) is 2. The number of likely N-dealkylation sites (tertiary alicyclic amines) is 1. The second-order valence-electron chi connectivity index (χ2n) is 8.16. The molecule has 2 aromatic carbocycles. The van der Waals surface area contributed by atoms with Crippen molar-refractivity contribution in [1.82, 2.24) is 15.5 Å². The Bertz CT molecular complexity index is 909. The van der Waals surface area contributed by atoms with Crippen molar-refractivity contribution in [2.75, 3.05) is 38.1 Å². The second-order valence-corrected chi connectivity index (χ2v) is 8.16. The monoisotopic (exact) mass is 436 g/mol. The highest BCUT2D eigenvalue weighted by atomic mass is 16.2. The van der Waals surface area contributed by atoms with Gasteiger partial charge in [0, 0.05) is 25.8 Å². The maximum absolute atomic E-state index is 13.0. The minimum absolute atomic E-state index is 0.0176. The van der Waals surface area contributed by atoms with E-state index in [9.17, 15) is 14.4 Å². The van der Waals surface area contributed by atoms with Crippen molar-refractivity contribution in [2.45, 2.75) is 32.2 Å². The lowest BCUT2D eigenvalue weighted by Gasteiger charge is -2.31. The molecule has 32 heavy (non-hydrogen) atoms. The summed E-state index contributed by atoms with van der Waals surface area (Å²) in [6.07, 6.45) is 3.18. The Balaban J connectivity index is 1.75. The average Bonchev–Trinajstić information content (AvgIpc) is 2.83. The van der Waals surface area contributed by atoms with Gasteiger partial charge in [-0.25, -0.2) is 0 Å². The number of nitrogens with one attached hydrogen (secondary N) is 2. The number of anilines is 1. The maximum Gasteiger partial charge on any atom is 0.246 e. The van der Waals surface area contributed by atoms with Gasteiger partial charge in [0.05, 0.1) is 13.1 Å². The molecule has 1 aliphatic heterocycles. The minimum atomic E-state index is -0.800. The predicted molar refractivity (Wildman–Crippen MR) is 125 cm³/mol. The third-order valence-corrected chi connectivity index (χ3v) is 5.72. The van der Waals surface area contributed by atoms with Crippen LogP contribution in [0.3, 0.4) is 0 Å². The lowest BCUT2D eigenvalue weighted by molar-refractivity contribution is -0.131. The van der Waals surface area contributed by atoms with E-state index in [0.717, 1.165) is 43.6 Å². The Morgan fingerprint density at radius 3 is 2.22 bits per heavy atom. The first-order valence-electron chi connectivity index (χ1n) is 11.1. The van der Waals surface area contributed by atoms with Crippen LogP contribution in [0.25, 0.3) is 0 Å². The van der Waals surface area contributed by atoms with Crippen LogP contribution in [0.1, 0.15) is 36.4 Å². The van der Waals surface area contributed by atoms with E-state index >= 15 is 0 Å². The zero-order valence-electron chi connectivity index (χ0n) is 18.8. The number of likely N-dealkylation sites (N-methyl/N-ethyl adjacent to an activating group) is 1. The highest BCUT2D eigenvalue weighted by Crippen LogP contribution is 2.18. The quantitative estimate of drug-likeness (QED) is 0.666. The van der Waals surface area contributed by atoms with Crippen molar-refractivity contribution in [3.63, 3.8) is 0 Å². The largest absolute Gasteiger partial charge is 0.357 e. The first kappa shape index (κ1) is 23.3. The van der Waals surface area contributed by atoms with Crippen LogP contribution in [0.2, 0.25) is 0 Å². The van der Waals surface area contributed by atoms with Gasteiger partial charge in [-0.3, -0.25) is 14.4 Å². The molecule has 0 aromatic heterocycles. The van der Waals surface area contributed by atoms with Gasteiger partial charge in [-0.15, -0.1) is 0 Å². The second kappa shape index (κ2) is 11.3. The van der Waals surface area contributed by atoms with Crippen LogP contribution in [-0.4, -0.2) is 55.8 Å². The van der Waals surface area contributed by atoms with Crippen molar-refractivity contribution in [1.29, 1.82) is 0 Å². The Morgan fingerprint density at radius 2 is 1.59 bits per heavy atom. The average molecular weight is 437 g/mol. The lowest BCUT2D eigenvalue weighted by Crippen LogP contribution is -2.47. The van der Waals surface area contributed by atoms with Crippen LogP contribution in [0.5, 0.6) is 0 Å². The number of aryl methyl sites for hydroxylation is 1. The number of hydrogen-bond donors (Lipinski definition) is 2. The molecule has 1 atom stereocenters. The fourth-order valence-corrected chi connectivity index (χ4v) is 3.87. The molecule has 1 saturated heterocycles. The highest BCUT2D eigenvalue weighted by Gasteiger charge is 2.25. The summed E-state index contributed by atoms with van der Waals surface area (Å²) in [5.74, 6) is -0.603. The summed E-state index contributed by atoms with van der Waals surface area (Å²) < 4.78 is 0. The molecule has 1 aliphatic rings. The van der Waals surface area contributed by atoms with E-state index in [1.807, 2.05) is 54.3 Å². The van der Waals surface area contributed by atoms with Crippen molar-refractivity contribution >= 4 is 23.4 Å². The van der Waals surface area contributed by atoms with Gasteiger partial charge in [-0.05, 0) is 43.9 Å². The molecule has 1 unspecified atom stereocenters. The Hall–Kier alpha value is -3.35. The molecule has 1 heterocycles. The molecule has 0 saturated carbocycles.